The summed E-state index contributed by atoms with van der Waals surface area (Å²) in [5.74, 6) is 0.899. The first-order chi connectivity index (χ1) is 14.3. The van der Waals surface area contributed by atoms with Crippen LogP contribution in [-0.2, 0) is 11.3 Å². The second-order valence-corrected chi connectivity index (χ2v) is 6.21. The highest BCUT2D eigenvalue weighted by Crippen LogP contribution is 2.19. The van der Waals surface area contributed by atoms with E-state index in [1.165, 1.54) is 31.4 Å². The summed E-state index contributed by atoms with van der Waals surface area (Å²) in [4.78, 5) is 16.0. The number of hydrogen-bond donors (Lipinski definition) is 3. The number of rotatable bonds is 9. The van der Waals surface area contributed by atoms with Gasteiger partial charge < -0.3 is 29.6 Å². The zero-order valence-electron chi connectivity index (χ0n) is 17.4. The molecule has 0 spiro atoms. The van der Waals surface area contributed by atoms with Gasteiger partial charge in [-0.2, -0.15) is 8.78 Å². The molecule has 0 radical (unpaired) electrons. The van der Waals surface area contributed by atoms with Crippen LogP contribution in [0.1, 0.15) is 40.5 Å². The number of nitrogens with zero attached hydrogens (tertiary/aromatic N) is 1. The van der Waals surface area contributed by atoms with Crippen LogP contribution in [-0.4, -0.2) is 43.8 Å². The molecule has 1 heterocycles. The summed E-state index contributed by atoms with van der Waals surface area (Å²) >= 11 is 0. The minimum absolute atomic E-state index is 0. The minimum Gasteiger partial charge on any atom is -0.465 e. The van der Waals surface area contributed by atoms with E-state index in [9.17, 15) is 18.7 Å². The third-order valence-electron chi connectivity index (χ3n) is 4.06. The Hall–Kier alpha value is -2.41. The van der Waals surface area contributed by atoms with E-state index in [0.29, 0.717) is 35.2 Å². The van der Waals surface area contributed by atoms with E-state index in [1.807, 2.05) is 6.92 Å². The number of ether oxygens (including phenoxy) is 2. The first-order valence-electron chi connectivity index (χ1n) is 9.26. The lowest BCUT2D eigenvalue weighted by Gasteiger charge is -2.16. The zero-order chi connectivity index (χ0) is 22.1. The smallest absolute Gasteiger partial charge is 0.387 e. The van der Waals surface area contributed by atoms with Gasteiger partial charge in [0.1, 0.15) is 29.4 Å². The molecule has 0 saturated carbocycles. The van der Waals surface area contributed by atoms with Gasteiger partial charge in [-0.3, -0.25) is 0 Å². The van der Waals surface area contributed by atoms with Gasteiger partial charge in [-0.05, 0) is 37.6 Å². The predicted molar refractivity (Wildman–Crippen MR) is 121 cm³/mol. The second-order valence-electron chi connectivity index (χ2n) is 6.21. The Balaban J connectivity index is 0.00000480. The van der Waals surface area contributed by atoms with E-state index in [4.69, 9.17) is 9.15 Å². The fourth-order valence-electron chi connectivity index (χ4n) is 2.62. The van der Waals surface area contributed by atoms with Crippen molar-refractivity contribution in [3.8, 4) is 5.75 Å². The van der Waals surface area contributed by atoms with Crippen molar-refractivity contribution in [2.75, 3.05) is 20.2 Å². The number of furan rings is 1. The Morgan fingerprint density at radius 3 is 2.52 bits per heavy atom. The van der Waals surface area contributed by atoms with Crippen molar-refractivity contribution in [3.05, 3.63) is 53.0 Å². The molecule has 2 aromatic rings. The Labute approximate surface area is 196 Å². The van der Waals surface area contributed by atoms with E-state index in [-0.39, 0.29) is 42.8 Å². The molecule has 0 bridgehead atoms. The summed E-state index contributed by atoms with van der Waals surface area (Å²) in [5.41, 5.74) is 0.875. The highest BCUT2D eigenvalue weighted by molar-refractivity contribution is 14.0. The lowest BCUT2D eigenvalue weighted by molar-refractivity contribution is -0.0498. The van der Waals surface area contributed by atoms with Gasteiger partial charge in [-0.15, -0.1) is 24.0 Å². The number of aliphatic hydroxyl groups excluding tert-OH is 1. The molecular weight excluding hydrogens is 527 g/mol. The van der Waals surface area contributed by atoms with Gasteiger partial charge in [0.2, 0.25) is 0 Å². The molecule has 31 heavy (non-hydrogen) atoms. The zero-order valence-corrected chi connectivity index (χ0v) is 19.7. The van der Waals surface area contributed by atoms with Crippen LogP contribution in [0, 0.1) is 6.92 Å². The number of benzene rings is 1. The van der Waals surface area contributed by atoms with Gasteiger partial charge in [0.05, 0.1) is 13.2 Å². The number of halogens is 3. The molecule has 2 rings (SSSR count). The predicted octanol–water partition coefficient (Wildman–Crippen LogP) is 3.38. The molecule has 0 saturated heterocycles. The van der Waals surface area contributed by atoms with E-state index in [0.717, 1.165) is 0 Å². The maximum atomic E-state index is 12.2. The largest absolute Gasteiger partial charge is 0.465 e. The van der Waals surface area contributed by atoms with E-state index >= 15 is 0 Å². The highest BCUT2D eigenvalue weighted by Gasteiger charge is 2.15. The summed E-state index contributed by atoms with van der Waals surface area (Å²) in [6.45, 7) is 1.54. The van der Waals surface area contributed by atoms with Crippen LogP contribution in [0.3, 0.4) is 0 Å². The number of methoxy groups -OCH3 is 1. The van der Waals surface area contributed by atoms with Gasteiger partial charge in [0.15, 0.2) is 5.96 Å². The van der Waals surface area contributed by atoms with Crippen LogP contribution in [0.4, 0.5) is 8.78 Å². The Morgan fingerprint density at radius 2 is 1.94 bits per heavy atom. The average Bonchev–Trinajstić information content (AvgIpc) is 3.10. The highest BCUT2D eigenvalue weighted by atomic mass is 127. The number of aliphatic imine (C=N–C) groups is 1. The molecule has 1 aromatic heterocycles. The number of alkyl halides is 2. The van der Waals surface area contributed by atoms with Crippen LogP contribution in [0.15, 0.2) is 39.7 Å². The van der Waals surface area contributed by atoms with Crippen LogP contribution < -0.4 is 15.4 Å². The van der Waals surface area contributed by atoms with Crippen LogP contribution in [0.5, 0.6) is 5.75 Å². The molecule has 1 aromatic carbocycles. The topological polar surface area (TPSA) is 105 Å². The van der Waals surface area contributed by atoms with Gasteiger partial charge in [0.25, 0.3) is 0 Å². The molecule has 0 fully saturated rings. The molecule has 3 N–H and O–H groups in total. The number of carbonyl (C=O) groups is 1. The first kappa shape index (κ1) is 26.6. The molecule has 0 amide bonds. The van der Waals surface area contributed by atoms with Gasteiger partial charge in [-0.25, -0.2) is 9.79 Å². The lowest BCUT2D eigenvalue weighted by Crippen LogP contribution is -2.39. The van der Waals surface area contributed by atoms with Crippen molar-refractivity contribution in [2.24, 2.45) is 4.99 Å². The maximum Gasteiger partial charge on any atom is 0.387 e. The summed E-state index contributed by atoms with van der Waals surface area (Å²) in [6, 6.07) is 7.32. The molecule has 0 aliphatic carbocycles. The summed E-state index contributed by atoms with van der Waals surface area (Å²) in [5, 5.41) is 16.4. The third kappa shape index (κ3) is 8.32. The van der Waals surface area contributed by atoms with Crippen molar-refractivity contribution in [2.45, 2.75) is 33.1 Å². The summed E-state index contributed by atoms with van der Waals surface area (Å²) in [7, 11) is 1.30. The van der Waals surface area contributed by atoms with Crippen LogP contribution >= 0.6 is 24.0 Å². The number of esters is 1. The monoisotopic (exact) mass is 553 g/mol. The van der Waals surface area contributed by atoms with Gasteiger partial charge >= 0.3 is 12.6 Å². The van der Waals surface area contributed by atoms with Crippen molar-refractivity contribution in [1.82, 2.24) is 10.6 Å². The first-order valence-corrected chi connectivity index (χ1v) is 9.26. The van der Waals surface area contributed by atoms with Crippen molar-refractivity contribution in [1.29, 1.82) is 0 Å². The van der Waals surface area contributed by atoms with Crippen LogP contribution in [0.2, 0.25) is 0 Å². The Bertz CT molecular complexity index is 859. The summed E-state index contributed by atoms with van der Waals surface area (Å²) in [6.07, 6.45) is -0.897. The number of aliphatic hydroxyl groups is 1. The standard InChI is InChI=1S/C20H25F2N3O5.HI/c1-4-23-20(24-10-15-9-16(12(2)29-15)18(27)28-3)25-11-17(26)13-5-7-14(8-6-13)30-19(21)22;/h5-9,17,19,26H,4,10-11H2,1-3H3,(H2,23,24,25);1H. The van der Waals surface area contributed by atoms with E-state index < -0.39 is 18.7 Å². The maximum absolute atomic E-state index is 12.2. The molecule has 0 aliphatic heterocycles. The molecule has 1 atom stereocenters. The van der Waals surface area contributed by atoms with Crippen molar-refractivity contribution >= 4 is 35.9 Å². The molecule has 0 aliphatic rings. The fraction of sp³-hybridized carbons (Fsp3) is 0.400. The van der Waals surface area contributed by atoms with Crippen molar-refractivity contribution in [3.63, 3.8) is 0 Å². The van der Waals surface area contributed by atoms with E-state index in [2.05, 4.69) is 20.4 Å². The molecule has 1 unspecified atom stereocenters. The molecular formula is C20H26F2IN3O5. The number of hydrogen-bond acceptors (Lipinski definition) is 6. The number of nitrogens with one attached hydrogen (secondary N) is 2. The number of carbonyl (C=O) groups excluding carboxylic acids is 1. The third-order valence-corrected chi connectivity index (χ3v) is 4.06. The van der Waals surface area contributed by atoms with E-state index in [1.54, 1.807) is 13.0 Å². The Morgan fingerprint density at radius 1 is 1.26 bits per heavy atom. The fourth-order valence-corrected chi connectivity index (χ4v) is 2.62. The molecule has 11 heteroatoms. The Kier molecular flexibility index (Phi) is 11.3. The molecule has 8 nitrogen and oxygen atoms in total. The quantitative estimate of drug-likeness (QED) is 0.189. The second kappa shape index (κ2) is 13.1. The molecule has 172 valence electrons. The SMILES string of the molecule is CCNC(=NCc1cc(C(=O)OC)c(C)o1)NCC(O)c1ccc(OC(F)F)cc1.I. The number of aryl methyl sites for hydroxylation is 1. The van der Waals surface area contributed by atoms with Gasteiger partial charge in [0, 0.05) is 13.1 Å². The number of guanidine groups is 1. The minimum atomic E-state index is -2.90. The van der Waals surface area contributed by atoms with Crippen LogP contribution in [0.25, 0.3) is 0 Å². The summed E-state index contributed by atoms with van der Waals surface area (Å²) < 4.78 is 38.9. The van der Waals surface area contributed by atoms with Crippen molar-refractivity contribution < 1.29 is 32.6 Å². The average molecular weight is 553 g/mol. The lowest BCUT2D eigenvalue weighted by atomic mass is 10.1. The normalized spacial score (nSPS) is 12.2. The van der Waals surface area contributed by atoms with Gasteiger partial charge in [-0.1, -0.05) is 12.1 Å².